The van der Waals surface area contributed by atoms with E-state index in [-0.39, 0.29) is 16.0 Å². The van der Waals surface area contributed by atoms with Crippen LogP contribution in [0.2, 0.25) is 0 Å². The van der Waals surface area contributed by atoms with Crippen molar-refractivity contribution in [2.24, 2.45) is 5.16 Å². The molecule has 0 saturated heterocycles. The summed E-state index contributed by atoms with van der Waals surface area (Å²) in [6, 6.07) is 10.9. The largest absolute Gasteiger partial charge is 0.331 e. The fraction of sp³-hybridized carbons (Fsp3) is 0.263. The molecule has 1 aliphatic rings. The maximum atomic E-state index is 11.1. The fourth-order valence-electron chi connectivity index (χ4n) is 3.25. The summed E-state index contributed by atoms with van der Waals surface area (Å²) in [5, 5.41) is 14.9. The van der Waals surface area contributed by atoms with Gasteiger partial charge in [-0.1, -0.05) is 31.1 Å². The van der Waals surface area contributed by atoms with Crippen molar-refractivity contribution in [3.05, 3.63) is 63.2 Å². The SMILES string of the molecule is CC(=O)O/N=C(\C)c1ccc2c(c1)C(C)(C)c1cc([N+](=O)[O-])ccc1-2. The average molecular weight is 338 g/mol. The lowest BCUT2D eigenvalue weighted by Crippen LogP contribution is -2.16. The van der Waals surface area contributed by atoms with E-state index in [0.717, 1.165) is 27.8 Å². The summed E-state index contributed by atoms with van der Waals surface area (Å²) in [6.07, 6.45) is 0. The van der Waals surface area contributed by atoms with E-state index in [2.05, 4.69) is 5.16 Å². The fourth-order valence-corrected chi connectivity index (χ4v) is 3.25. The van der Waals surface area contributed by atoms with Crippen molar-refractivity contribution in [2.45, 2.75) is 33.1 Å². The van der Waals surface area contributed by atoms with Crippen LogP contribution in [0, 0.1) is 10.1 Å². The molecule has 6 nitrogen and oxygen atoms in total. The minimum Gasteiger partial charge on any atom is -0.318 e. The van der Waals surface area contributed by atoms with E-state index >= 15 is 0 Å². The minimum absolute atomic E-state index is 0.0902. The summed E-state index contributed by atoms with van der Waals surface area (Å²) in [7, 11) is 0. The Morgan fingerprint density at radius 3 is 2.28 bits per heavy atom. The third kappa shape index (κ3) is 2.80. The van der Waals surface area contributed by atoms with Gasteiger partial charge in [0.1, 0.15) is 0 Å². The molecule has 128 valence electrons. The molecule has 25 heavy (non-hydrogen) atoms. The highest BCUT2D eigenvalue weighted by Crippen LogP contribution is 2.49. The molecule has 0 heterocycles. The Labute approximate surface area is 145 Å². The van der Waals surface area contributed by atoms with E-state index < -0.39 is 5.97 Å². The lowest BCUT2D eigenvalue weighted by Gasteiger charge is -2.21. The van der Waals surface area contributed by atoms with Crippen LogP contribution in [-0.4, -0.2) is 16.6 Å². The molecule has 0 N–H and O–H groups in total. The zero-order valence-corrected chi connectivity index (χ0v) is 14.5. The van der Waals surface area contributed by atoms with Crippen molar-refractivity contribution in [1.82, 2.24) is 0 Å². The Hall–Kier alpha value is -3.02. The number of rotatable bonds is 3. The molecular formula is C19H18N2O4. The Kier molecular flexibility index (Phi) is 3.91. The number of hydrogen-bond donors (Lipinski definition) is 0. The first kappa shape index (κ1) is 16.8. The predicted molar refractivity (Wildman–Crippen MR) is 94.6 cm³/mol. The van der Waals surface area contributed by atoms with E-state index in [9.17, 15) is 14.9 Å². The highest BCUT2D eigenvalue weighted by molar-refractivity contribution is 6.00. The average Bonchev–Trinajstić information content (AvgIpc) is 2.79. The van der Waals surface area contributed by atoms with Crippen molar-refractivity contribution in [2.75, 3.05) is 0 Å². The number of non-ortho nitro benzene ring substituents is 1. The predicted octanol–water partition coefficient (Wildman–Crippen LogP) is 4.19. The monoisotopic (exact) mass is 338 g/mol. The molecule has 3 rings (SSSR count). The highest BCUT2D eigenvalue weighted by Gasteiger charge is 2.36. The summed E-state index contributed by atoms with van der Waals surface area (Å²) >= 11 is 0. The molecular weight excluding hydrogens is 320 g/mol. The van der Waals surface area contributed by atoms with E-state index in [4.69, 9.17) is 4.84 Å². The molecule has 6 heteroatoms. The molecule has 2 aromatic carbocycles. The van der Waals surface area contributed by atoms with Crippen LogP contribution >= 0.6 is 0 Å². The van der Waals surface area contributed by atoms with Crippen LogP contribution in [0.4, 0.5) is 5.69 Å². The van der Waals surface area contributed by atoms with Gasteiger partial charge in [0.2, 0.25) is 0 Å². The second kappa shape index (κ2) is 5.81. The third-order valence-electron chi connectivity index (χ3n) is 4.60. The lowest BCUT2D eigenvalue weighted by molar-refractivity contribution is -0.384. The lowest BCUT2D eigenvalue weighted by atomic mass is 9.81. The number of benzene rings is 2. The molecule has 0 aliphatic heterocycles. The van der Waals surface area contributed by atoms with E-state index in [1.54, 1.807) is 19.1 Å². The van der Waals surface area contributed by atoms with Crippen LogP contribution in [0.15, 0.2) is 41.6 Å². The van der Waals surface area contributed by atoms with Gasteiger partial charge < -0.3 is 4.84 Å². The number of hydrogen-bond acceptors (Lipinski definition) is 5. The Balaban J connectivity index is 2.10. The van der Waals surface area contributed by atoms with Crippen LogP contribution in [0.25, 0.3) is 11.1 Å². The van der Waals surface area contributed by atoms with Crippen molar-refractivity contribution in [1.29, 1.82) is 0 Å². The molecule has 0 aromatic heterocycles. The van der Waals surface area contributed by atoms with Gasteiger partial charge in [0, 0.05) is 24.5 Å². The third-order valence-corrected chi connectivity index (χ3v) is 4.60. The van der Waals surface area contributed by atoms with Gasteiger partial charge in [-0.25, -0.2) is 4.79 Å². The van der Waals surface area contributed by atoms with Gasteiger partial charge in [0.05, 0.1) is 10.6 Å². The molecule has 0 unspecified atom stereocenters. The van der Waals surface area contributed by atoms with Gasteiger partial charge in [0.15, 0.2) is 0 Å². The number of carbonyl (C=O) groups excluding carboxylic acids is 1. The number of nitro groups is 1. The number of nitro benzene ring substituents is 1. The smallest absolute Gasteiger partial charge is 0.318 e. The first-order chi connectivity index (χ1) is 11.7. The van der Waals surface area contributed by atoms with Crippen molar-refractivity contribution < 1.29 is 14.6 Å². The summed E-state index contributed by atoms with van der Waals surface area (Å²) in [5.41, 5.74) is 5.22. The van der Waals surface area contributed by atoms with Gasteiger partial charge in [0.25, 0.3) is 5.69 Å². The Morgan fingerprint density at radius 2 is 1.68 bits per heavy atom. The van der Waals surface area contributed by atoms with Crippen molar-refractivity contribution >= 4 is 17.4 Å². The highest BCUT2D eigenvalue weighted by atomic mass is 16.7. The van der Waals surface area contributed by atoms with Crippen LogP contribution in [-0.2, 0) is 15.0 Å². The van der Waals surface area contributed by atoms with Gasteiger partial charge >= 0.3 is 5.97 Å². The van der Waals surface area contributed by atoms with Gasteiger partial charge in [-0.3, -0.25) is 10.1 Å². The van der Waals surface area contributed by atoms with Crippen LogP contribution in [0.3, 0.4) is 0 Å². The van der Waals surface area contributed by atoms with Crippen LogP contribution in [0.1, 0.15) is 44.4 Å². The van der Waals surface area contributed by atoms with Crippen molar-refractivity contribution in [3.63, 3.8) is 0 Å². The number of nitrogens with zero attached hydrogens (tertiary/aromatic N) is 2. The van der Waals surface area contributed by atoms with E-state index in [1.807, 2.05) is 32.0 Å². The van der Waals surface area contributed by atoms with Gasteiger partial charge in [-0.15, -0.1) is 0 Å². The minimum atomic E-state index is -0.472. The standard InChI is InChI=1S/C19H18N2O4/c1-11(20-25-12(2)22)13-5-7-15-16-8-6-14(21(23)24)10-18(16)19(3,4)17(15)9-13/h5-10H,1-4H3/b20-11+. The Morgan fingerprint density at radius 1 is 1.08 bits per heavy atom. The summed E-state index contributed by atoms with van der Waals surface area (Å²) < 4.78 is 0. The van der Waals surface area contributed by atoms with E-state index in [0.29, 0.717) is 5.71 Å². The van der Waals surface area contributed by atoms with Crippen LogP contribution < -0.4 is 0 Å². The Bertz CT molecular complexity index is 929. The quantitative estimate of drug-likeness (QED) is 0.364. The second-order valence-electron chi connectivity index (χ2n) is 6.63. The molecule has 0 amide bonds. The summed E-state index contributed by atoms with van der Waals surface area (Å²) in [4.78, 5) is 26.4. The zero-order valence-electron chi connectivity index (χ0n) is 14.5. The zero-order chi connectivity index (χ0) is 18.4. The number of oxime groups is 1. The molecule has 0 spiro atoms. The van der Waals surface area contributed by atoms with Gasteiger partial charge in [-0.05, 0) is 46.9 Å². The molecule has 0 fully saturated rings. The first-order valence-electron chi connectivity index (χ1n) is 7.88. The molecule has 1 aliphatic carbocycles. The topological polar surface area (TPSA) is 81.8 Å². The first-order valence-corrected chi connectivity index (χ1v) is 7.88. The summed E-state index contributed by atoms with van der Waals surface area (Å²) in [6.45, 7) is 7.16. The van der Waals surface area contributed by atoms with E-state index in [1.165, 1.54) is 13.0 Å². The molecule has 0 saturated carbocycles. The molecule has 0 bridgehead atoms. The molecule has 0 radical (unpaired) electrons. The number of carbonyl (C=O) groups is 1. The normalized spacial score (nSPS) is 14.6. The maximum absolute atomic E-state index is 11.1. The second-order valence-corrected chi connectivity index (χ2v) is 6.63. The number of fused-ring (bicyclic) bond motifs is 3. The maximum Gasteiger partial charge on any atom is 0.331 e. The van der Waals surface area contributed by atoms with Gasteiger partial charge in [-0.2, -0.15) is 0 Å². The van der Waals surface area contributed by atoms with Crippen LogP contribution in [0.5, 0.6) is 0 Å². The molecule has 0 atom stereocenters. The molecule has 2 aromatic rings. The summed E-state index contributed by atoms with van der Waals surface area (Å²) in [5.74, 6) is -0.472. The van der Waals surface area contributed by atoms with Crippen molar-refractivity contribution in [3.8, 4) is 11.1 Å².